The van der Waals surface area contributed by atoms with Gasteiger partial charge in [-0.3, -0.25) is 4.98 Å². The standard InChI is InChI=1S/C13H14F3N5S/c14-13(15,16)11-18-19-12(22-11)21-7-1-6-20(8-9-21)10-2-4-17-5-3-10/h2-5H,1,6-9H2. The van der Waals surface area contributed by atoms with Gasteiger partial charge in [-0.1, -0.05) is 11.3 Å². The highest BCUT2D eigenvalue weighted by Crippen LogP contribution is 2.34. The number of hydrogen-bond donors (Lipinski definition) is 0. The number of anilines is 2. The molecule has 0 aliphatic carbocycles. The zero-order valence-corrected chi connectivity index (χ0v) is 12.4. The fraction of sp³-hybridized carbons (Fsp3) is 0.462. The average Bonchev–Trinajstić information content (AvgIpc) is 2.87. The van der Waals surface area contributed by atoms with Crippen LogP contribution in [-0.2, 0) is 6.18 Å². The summed E-state index contributed by atoms with van der Waals surface area (Å²) in [4.78, 5) is 8.06. The van der Waals surface area contributed by atoms with Gasteiger partial charge >= 0.3 is 6.18 Å². The zero-order valence-electron chi connectivity index (χ0n) is 11.6. The first kappa shape index (κ1) is 15.0. The van der Waals surface area contributed by atoms with Crippen molar-refractivity contribution in [3.8, 4) is 0 Å². The molecule has 1 aliphatic heterocycles. The summed E-state index contributed by atoms with van der Waals surface area (Å²) in [6.07, 6.45) is -0.106. The summed E-state index contributed by atoms with van der Waals surface area (Å²) in [5, 5.41) is 6.39. The first-order valence-corrected chi connectivity index (χ1v) is 7.66. The van der Waals surface area contributed by atoms with Crippen molar-refractivity contribution in [3.63, 3.8) is 0 Å². The maximum Gasteiger partial charge on any atom is 0.445 e. The number of pyridine rings is 1. The van der Waals surface area contributed by atoms with E-state index in [1.807, 2.05) is 17.0 Å². The van der Waals surface area contributed by atoms with E-state index in [0.29, 0.717) is 29.6 Å². The third kappa shape index (κ3) is 3.29. The van der Waals surface area contributed by atoms with Crippen LogP contribution in [0, 0.1) is 0 Å². The van der Waals surface area contributed by atoms with Gasteiger partial charge in [0.25, 0.3) is 0 Å². The summed E-state index contributed by atoms with van der Waals surface area (Å²) in [7, 11) is 0. The van der Waals surface area contributed by atoms with Crippen LogP contribution in [0.25, 0.3) is 0 Å². The summed E-state index contributed by atoms with van der Waals surface area (Å²) in [5.41, 5.74) is 1.07. The monoisotopic (exact) mass is 329 g/mol. The fourth-order valence-electron chi connectivity index (χ4n) is 2.38. The first-order chi connectivity index (χ1) is 10.5. The highest BCUT2D eigenvalue weighted by molar-refractivity contribution is 7.15. The minimum atomic E-state index is -4.43. The van der Waals surface area contributed by atoms with Gasteiger partial charge < -0.3 is 9.80 Å². The van der Waals surface area contributed by atoms with Gasteiger partial charge in [0.15, 0.2) is 0 Å². The minimum Gasteiger partial charge on any atom is -0.370 e. The Morgan fingerprint density at radius 1 is 0.955 bits per heavy atom. The van der Waals surface area contributed by atoms with E-state index >= 15 is 0 Å². The fourth-order valence-corrected chi connectivity index (χ4v) is 3.14. The van der Waals surface area contributed by atoms with E-state index in [-0.39, 0.29) is 0 Å². The van der Waals surface area contributed by atoms with E-state index in [2.05, 4.69) is 20.1 Å². The molecule has 22 heavy (non-hydrogen) atoms. The number of alkyl halides is 3. The van der Waals surface area contributed by atoms with E-state index in [4.69, 9.17) is 0 Å². The SMILES string of the molecule is FC(F)(F)c1nnc(N2CCCN(c3ccncc3)CC2)s1. The molecule has 118 valence electrons. The second kappa shape index (κ2) is 6.07. The molecule has 9 heteroatoms. The van der Waals surface area contributed by atoms with Crippen LogP contribution in [0.4, 0.5) is 24.0 Å². The Hall–Kier alpha value is -1.90. The van der Waals surface area contributed by atoms with Gasteiger partial charge in [0, 0.05) is 44.3 Å². The van der Waals surface area contributed by atoms with E-state index in [0.717, 1.165) is 25.2 Å². The van der Waals surface area contributed by atoms with E-state index < -0.39 is 11.2 Å². The molecule has 1 saturated heterocycles. The maximum absolute atomic E-state index is 12.6. The van der Waals surface area contributed by atoms with Gasteiger partial charge in [0.1, 0.15) is 0 Å². The molecule has 0 radical (unpaired) electrons. The minimum absolute atomic E-state index is 0.337. The molecule has 3 heterocycles. The van der Waals surface area contributed by atoms with E-state index in [1.165, 1.54) is 0 Å². The van der Waals surface area contributed by atoms with Crippen molar-refractivity contribution in [2.45, 2.75) is 12.6 Å². The molecule has 2 aromatic heterocycles. The van der Waals surface area contributed by atoms with E-state index in [9.17, 15) is 13.2 Å². The van der Waals surface area contributed by atoms with Crippen molar-refractivity contribution in [2.24, 2.45) is 0 Å². The van der Waals surface area contributed by atoms with Crippen molar-refractivity contribution in [3.05, 3.63) is 29.5 Å². The molecule has 5 nitrogen and oxygen atoms in total. The summed E-state index contributed by atoms with van der Waals surface area (Å²) in [6, 6.07) is 3.87. The van der Waals surface area contributed by atoms with Crippen LogP contribution in [0.5, 0.6) is 0 Å². The van der Waals surface area contributed by atoms with Gasteiger partial charge in [0.05, 0.1) is 0 Å². The highest BCUT2D eigenvalue weighted by atomic mass is 32.1. The molecule has 3 rings (SSSR count). The summed E-state index contributed by atoms with van der Waals surface area (Å²) in [5.74, 6) is 0. The number of nitrogens with zero attached hydrogens (tertiary/aromatic N) is 5. The average molecular weight is 329 g/mol. The maximum atomic E-state index is 12.6. The summed E-state index contributed by atoms with van der Waals surface area (Å²) >= 11 is 0.603. The molecule has 1 fully saturated rings. The van der Waals surface area contributed by atoms with Crippen LogP contribution < -0.4 is 9.80 Å². The van der Waals surface area contributed by atoms with Gasteiger partial charge in [-0.2, -0.15) is 13.2 Å². The van der Waals surface area contributed by atoms with Gasteiger partial charge in [0.2, 0.25) is 10.1 Å². The van der Waals surface area contributed by atoms with Crippen LogP contribution in [0.2, 0.25) is 0 Å². The Labute approximate surface area is 129 Å². The lowest BCUT2D eigenvalue weighted by Gasteiger charge is -2.23. The molecule has 2 aromatic rings. The number of halogens is 3. The third-order valence-electron chi connectivity index (χ3n) is 3.45. The van der Waals surface area contributed by atoms with Crippen LogP contribution in [0.1, 0.15) is 11.4 Å². The Morgan fingerprint density at radius 3 is 2.32 bits per heavy atom. The Bertz CT molecular complexity index is 616. The van der Waals surface area contributed by atoms with Gasteiger partial charge in [-0.15, -0.1) is 10.2 Å². The second-order valence-corrected chi connectivity index (χ2v) is 5.88. The van der Waals surface area contributed by atoms with Crippen molar-refractivity contribution in [1.29, 1.82) is 0 Å². The second-order valence-electron chi connectivity index (χ2n) is 4.92. The summed E-state index contributed by atoms with van der Waals surface area (Å²) < 4.78 is 37.8. The first-order valence-electron chi connectivity index (χ1n) is 6.84. The normalized spacial score (nSPS) is 16.7. The predicted molar refractivity (Wildman–Crippen MR) is 78.2 cm³/mol. The highest BCUT2D eigenvalue weighted by Gasteiger charge is 2.36. The van der Waals surface area contributed by atoms with Crippen LogP contribution in [-0.4, -0.2) is 41.4 Å². The summed E-state index contributed by atoms with van der Waals surface area (Å²) in [6.45, 7) is 2.87. The molecule has 0 bridgehead atoms. The topological polar surface area (TPSA) is 45.2 Å². The molecule has 0 saturated carbocycles. The Morgan fingerprint density at radius 2 is 1.64 bits per heavy atom. The lowest BCUT2D eigenvalue weighted by molar-refractivity contribution is -0.138. The Kier molecular flexibility index (Phi) is 4.14. The van der Waals surface area contributed by atoms with Crippen molar-refractivity contribution in [2.75, 3.05) is 36.0 Å². The van der Waals surface area contributed by atoms with Crippen LogP contribution >= 0.6 is 11.3 Å². The number of aromatic nitrogens is 3. The molecule has 0 spiro atoms. The molecule has 0 atom stereocenters. The largest absolute Gasteiger partial charge is 0.445 e. The Balaban J connectivity index is 1.69. The number of hydrogen-bond acceptors (Lipinski definition) is 6. The molecule has 0 unspecified atom stereocenters. The number of rotatable bonds is 2. The lowest BCUT2D eigenvalue weighted by Crippen LogP contribution is -2.30. The van der Waals surface area contributed by atoms with Crippen LogP contribution in [0.15, 0.2) is 24.5 Å². The smallest absolute Gasteiger partial charge is 0.370 e. The molecule has 1 aliphatic rings. The molecular weight excluding hydrogens is 315 g/mol. The molecule has 0 N–H and O–H groups in total. The van der Waals surface area contributed by atoms with Crippen molar-refractivity contribution in [1.82, 2.24) is 15.2 Å². The third-order valence-corrected chi connectivity index (χ3v) is 4.48. The molecule has 0 aromatic carbocycles. The zero-order chi connectivity index (χ0) is 15.6. The lowest BCUT2D eigenvalue weighted by atomic mass is 10.3. The molecular formula is C13H14F3N5S. The van der Waals surface area contributed by atoms with E-state index in [1.54, 1.807) is 12.4 Å². The van der Waals surface area contributed by atoms with Crippen molar-refractivity contribution < 1.29 is 13.2 Å². The van der Waals surface area contributed by atoms with Gasteiger partial charge in [-0.05, 0) is 18.6 Å². The van der Waals surface area contributed by atoms with Crippen LogP contribution in [0.3, 0.4) is 0 Å². The van der Waals surface area contributed by atoms with Crippen molar-refractivity contribution >= 4 is 22.2 Å². The van der Waals surface area contributed by atoms with Gasteiger partial charge in [-0.25, -0.2) is 0 Å². The molecule has 0 amide bonds. The predicted octanol–water partition coefficient (Wildman–Crippen LogP) is 2.67. The quantitative estimate of drug-likeness (QED) is 0.848.